The molecule has 0 radical (unpaired) electrons. The molecular formula is C16H18F3N3O2. The zero-order valence-electron chi connectivity index (χ0n) is 12.9. The number of rotatable bonds is 8. The monoisotopic (exact) mass is 341 g/mol. The van der Waals surface area contributed by atoms with Gasteiger partial charge in [0.2, 0.25) is 0 Å². The van der Waals surface area contributed by atoms with Gasteiger partial charge in [-0.3, -0.25) is 4.79 Å². The number of benzene rings is 1. The molecule has 0 aliphatic rings. The SMILES string of the molecule is N#C/C(=C/NCCCCCO)C(=O)Nc1cccc(C(F)(F)F)c1. The van der Waals surface area contributed by atoms with Gasteiger partial charge in [0.05, 0.1) is 5.56 Å². The standard InChI is InChI=1S/C16H18F3N3O2/c17-16(18,19)13-5-4-6-14(9-13)22-15(24)12(10-20)11-21-7-2-1-3-8-23/h4-6,9,11,21,23H,1-3,7-8H2,(H,22,24)/b12-11-. The highest BCUT2D eigenvalue weighted by Gasteiger charge is 2.30. The fourth-order valence-corrected chi connectivity index (χ4v) is 1.81. The number of halogens is 3. The smallest absolute Gasteiger partial charge is 0.396 e. The van der Waals surface area contributed by atoms with Crippen LogP contribution in [-0.2, 0) is 11.0 Å². The summed E-state index contributed by atoms with van der Waals surface area (Å²) in [5.74, 6) is -0.792. The Morgan fingerprint density at radius 3 is 2.67 bits per heavy atom. The van der Waals surface area contributed by atoms with Crippen LogP contribution in [0.3, 0.4) is 0 Å². The van der Waals surface area contributed by atoms with Crippen LogP contribution < -0.4 is 10.6 Å². The zero-order valence-corrected chi connectivity index (χ0v) is 12.9. The van der Waals surface area contributed by atoms with Crippen molar-refractivity contribution in [2.45, 2.75) is 25.4 Å². The predicted molar refractivity (Wildman–Crippen MR) is 82.7 cm³/mol. The lowest BCUT2D eigenvalue weighted by atomic mass is 10.2. The number of amides is 1. The van der Waals surface area contributed by atoms with E-state index >= 15 is 0 Å². The first-order valence-corrected chi connectivity index (χ1v) is 7.31. The quantitative estimate of drug-likeness (QED) is 0.386. The summed E-state index contributed by atoms with van der Waals surface area (Å²) in [5, 5.41) is 22.7. The van der Waals surface area contributed by atoms with Crippen LogP contribution in [0.15, 0.2) is 36.0 Å². The average Bonchev–Trinajstić information content (AvgIpc) is 2.53. The van der Waals surface area contributed by atoms with E-state index in [9.17, 15) is 18.0 Å². The van der Waals surface area contributed by atoms with E-state index in [0.29, 0.717) is 13.0 Å². The normalized spacial score (nSPS) is 11.7. The maximum absolute atomic E-state index is 12.6. The lowest BCUT2D eigenvalue weighted by Gasteiger charge is -2.09. The van der Waals surface area contributed by atoms with Crippen molar-refractivity contribution in [1.82, 2.24) is 5.32 Å². The van der Waals surface area contributed by atoms with Gasteiger partial charge in [-0.2, -0.15) is 18.4 Å². The van der Waals surface area contributed by atoms with Gasteiger partial charge in [0.25, 0.3) is 5.91 Å². The first-order valence-electron chi connectivity index (χ1n) is 7.31. The Balaban J connectivity index is 2.63. The number of unbranched alkanes of at least 4 members (excludes halogenated alkanes) is 2. The molecule has 1 rings (SSSR count). The Morgan fingerprint density at radius 1 is 1.29 bits per heavy atom. The molecule has 0 heterocycles. The second-order valence-corrected chi connectivity index (χ2v) is 4.94. The summed E-state index contributed by atoms with van der Waals surface area (Å²) in [7, 11) is 0. The van der Waals surface area contributed by atoms with Gasteiger partial charge in [0.15, 0.2) is 0 Å². The van der Waals surface area contributed by atoms with Crippen LogP contribution in [0.5, 0.6) is 0 Å². The molecule has 5 nitrogen and oxygen atoms in total. The van der Waals surface area contributed by atoms with Crippen molar-refractivity contribution in [1.29, 1.82) is 5.26 Å². The summed E-state index contributed by atoms with van der Waals surface area (Å²) in [6, 6.07) is 5.87. The molecule has 0 bridgehead atoms. The van der Waals surface area contributed by atoms with Crippen LogP contribution in [0, 0.1) is 11.3 Å². The van der Waals surface area contributed by atoms with E-state index in [-0.39, 0.29) is 17.9 Å². The van der Waals surface area contributed by atoms with Crippen LogP contribution in [0.1, 0.15) is 24.8 Å². The number of anilines is 1. The molecule has 0 aliphatic heterocycles. The second kappa shape index (κ2) is 9.57. The van der Waals surface area contributed by atoms with Crippen LogP contribution >= 0.6 is 0 Å². The number of carbonyl (C=O) groups excluding carboxylic acids is 1. The van der Waals surface area contributed by atoms with Crippen molar-refractivity contribution < 1.29 is 23.1 Å². The predicted octanol–water partition coefficient (Wildman–Crippen LogP) is 2.80. The molecule has 0 atom stereocenters. The van der Waals surface area contributed by atoms with Crippen LogP contribution in [0.25, 0.3) is 0 Å². The number of nitriles is 1. The Morgan fingerprint density at radius 2 is 2.04 bits per heavy atom. The van der Waals surface area contributed by atoms with Gasteiger partial charge in [-0.05, 0) is 37.5 Å². The van der Waals surface area contributed by atoms with E-state index in [0.717, 1.165) is 25.0 Å². The lowest BCUT2D eigenvalue weighted by molar-refractivity contribution is -0.137. The topological polar surface area (TPSA) is 85.2 Å². The summed E-state index contributed by atoms with van der Waals surface area (Å²) < 4.78 is 37.9. The molecule has 1 amide bonds. The number of aliphatic hydroxyl groups excluding tert-OH is 1. The fraction of sp³-hybridized carbons (Fsp3) is 0.375. The van der Waals surface area contributed by atoms with E-state index in [4.69, 9.17) is 10.4 Å². The molecule has 0 fully saturated rings. The number of hydrogen-bond acceptors (Lipinski definition) is 4. The Kier molecular flexibility index (Phi) is 7.79. The van der Waals surface area contributed by atoms with Crippen molar-refractivity contribution in [3.05, 3.63) is 41.6 Å². The molecule has 0 saturated heterocycles. The maximum atomic E-state index is 12.6. The second-order valence-electron chi connectivity index (χ2n) is 4.94. The summed E-state index contributed by atoms with van der Waals surface area (Å²) in [4.78, 5) is 11.9. The minimum absolute atomic E-state index is 0.0427. The van der Waals surface area contributed by atoms with E-state index < -0.39 is 17.6 Å². The third kappa shape index (κ3) is 6.71. The average molecular weight is 341 g/mol. The molecule has 0 spiro atoms. The summed E-state index contributed by atoms with van der Waals surface area (Å²) in [6.45, 7) is 0.626. The molecule has 3 N–H and O–H groups in total. The van der Waals surface area contributed by atoms with E-state index in [1.807, 2.05) is 0 Å². The highest BCUT2D eigenvalue weighted by atomic mass is 19.4. The van der Waals surface area contributed by atoms with Gasteiger partial charge in [-0.15, -0.1) is 0 Å². The lowest BCUT2D eigenvalue weighted by Crippen LogP contribution is -2.17. The number of hydrogen-bond donors (Lipinski definition) is 3. The van der Waals surface area contributed by atoms with Crippen LogP contribution in [-0.4, -0.2) is 24.2 Å². The molecule has 8 heteroatoms. The van der Waals surface area contributed by atoms with Gasteiger partial charge >= 0.3 is 6.18 Å². The first-order chi connectivity index (χ1) is 11.4. The summed E-state index contributed by atoms with van der Waals surface area (Å²) >= 11 is 0. The van der Waals surface area contributed by atoms with Gasteiger partial charge in [0.1, 0.15) is 11.6 Å². The van der Waals surface area contributed by atoms with Crippen molar-refractivity contribution in [2.24, 2.45) is 0 Å². The maximum Gasteiger partial charge on any atom is 0.416 e. The number of nitrogens with one attached hydrogen (secondary N) is 2. The Labute approximate surface area is 137 Å². The van der Waals surface area contributed by atoms with Crippen LogP contribution in [0.2, 0.25) is 0 Å². The fourth-order valence-electron chi connectivity index (χ4n) is 1.81. The Hall–Kier alpha value is -2.53. The van der Waals surface area contributed by atoms with Crippen LogP contribution in [0.4, 0.5) is 18.9 Å². The number of alkyl halides is 3. The summed E-state index contributed by atoms with van der Waals surface area (Å²) in [6.07, 6.45) is -1.06. The molecule has 24 heavy (non-hydrogen) atoms. The van der Waals surface area contributed by atoms with Crippen molar-refractivity contribution >= 4 is 11.6 Å². The molecule has 0 unspecified atom stereocenters. The Bertz CT molecular complexity index is 622. The zero-order chi connectivity index (χ0) is 18.0. The molecule has 1 aromatic carbocycles. The minimum Gasteiger partial charge on any atom is -0.396 e. The molecule has 0 aromatic heterocycles. The van der Waals surface area contributed by atoms with E-state index in [2.05, 4.69) is 10.6 Å². The van der Waals surface area contributed by atoms with Gasteiger partial charge < -0.3 is 15.7 Å². The number of nitrogens with zero attached hydrogens (tertiary/aromatic N) is 1. The van der Waals surface area contributed by atoms with Gasteiger partial charge in [-0.1, -0.05) is 6.07 Å². The molecule has 0 saturated carbocycles. The first kappa shape index (κ1) is 19.5. The summed E-state index contributed by atoms with van der Waals surface area (Å²) in [5.41, 5.74) is -1.17. The molecule has 130 valence electrons. The van der Waals surface area contributed by atoms with E-state index in [1.54, 1.807) is 6.07 Å². The highest BCUT2D eigenvalue weighted by Crippen LogP contribution is 2.30. The molecule has 0 aliphatic carbocycles. The van der Waals surface area contributed by atoms with E-state index in [1.165, 1.54) is 18.3 Å². The number of aliphatic hydroxyl groups is 1. The van der Waals surface area contributed by atoms with Gasteiger partial charge in [0, 0.05) is 25.0 Å². The minimum atomic E-state index is -4.51. The third-order valence-electron chi connectivity index (χ3n) is 3.04. The van der Waals surface area contributed by atoms with Crippen molar-refractivity contribution in [3.8, 4) is 6.07 Å². The molecule has 1 aromatic rings. The van der Waals surface area contributed by atoms with Crippen molar-refractivity contribution in [3.63, 3.8) is 0 Å². The van der Waals surface area contributed by atoms with Gasteiger partial charge in [-0.25, -0.2) is 0 Å². The third-order valence-corrected chi connectivity index (χ3v) is 3.04. The highest BCUT2D eigenvalue weighted by molar-refractivity contribution is 6.06. The molecular weight excluding hydrogens is 323 g/mol. The number of carbonyl (C=O) groups is 1. The largest absolute Gasteiger partial charge is 0.416 e. The van der Waals surface area contributed by atoms with Crippen molar-refractivity contribution in [2.75, 3.05) is 18.5 Å².